The number of rotatable bonds is 7. The van der Waals surface area contributed by atoms with Crippen molar-refractivity contribution in [1.29, 1.82) is 0 Å². The fourth-order valence-corrected chi connectivity index (χ4v) is 4.54. The van der Waals surface area contributed by atoms with Gasteiger partial charge in [-0.3, -0.25) is 13.9 Å². The Hall–Kier alpha value is -3.32. The lowest BCUT2D eigenvalue weighted by Crippen LogP contribution is -2.36. The fraction of sp³-hybridized carbons (Fsp3) is 0.385. The summed E-state index contributed by atoms with van der Waals surface area (Å²) in [6, 6.07) is 14.1. The standard InChI is InChI=1S/C26H29N3O4/c1-26(2,16-30)15-28-13-20-11-19(7-10-22(20)24(28)32)18-5-3-17(4-6-18)12-27-14-23(31)29(25(27)33)21-8-9-21/h3-7,10-11,14,21,30-31H,8-9,12-13,15-16H2,1-2H3. The van der Waals surface area contributed by atoms with Gasteiger partial charge >= 0.3 is 5.69 Å². The van der Waals surface area contributed by atoms with Crippen molar-refractivity contribution in [2.24, 2.45) is 5.41 Å². The second-order valence-electron chi connectivity index (χ2n) is 10.1. The Morgan fingerprint density at radius 1 is 1.03 bits per heavy atom. The number of nitrogens with zero attached hydrogens (tertiary/aromatic N) is 3. The Kier molecular flexibility index (Phi) is 5.16. The highest BCUT2D eigenvalue weighted by molar-refractivity contribution is 5.99. The molecule has 1 amide bonds. The lowest BCUT2D eigenvalue weighted by molar-refractivity contribution is 0.0625. The van der Waals surface area contributed by atoms with Crippen molar-refractivity contribution >= 4 is 5.91 Å². The largest absolute Gasteiger partial charge is 0.493 e. The number of aliphatic hydroxyl groups is 1. The van der Waals surface area contributed by atoms with E-state index in [1.807, 2.05) is 50.2 Å². The molecule has 0 radical (unpaired) electrons. The number of amides is 1. The minimum Gasteiger partial charge on any atom is -0.493 e. The van der Waals surface area contributed by atoms with Crippen molar-refractivity contribution in [3.8, 4) is 17.0 Å². The van der Waals surface area contributed by atoms with Gasteiger partial charge in [0.05, 0.1) is 12.7 Å². The highest BCUT2D eigenvalue weighted by Gasteiger charge is 2.32. The van der Waals surface area contributed by atoms with Gasteiger partial charge in [-0.15, -0.1) is 0 Å². The summed E-state index contributed by atoms with van der Waals surface area (Å²) in [5.74, 6) is 0.0449. The van der Waals surface area contributed by atoms with Gasteiger partial charge in [0, 0.05) is 36.7 Å². The van der Waals surface area contributed by atoms with E-state index in [1.165, 1.54) is 10.8 Å². The van der Waals surface area contributed by atoms with E-state index in [-0.39, 0.29) is 35.5 Å². The number of carbonyl (C=O) groups is 1. The number of hydrogen-bond acceptors (Lipinski definition) is 4. The molecule has 33 heavy (non-hydrogen) atoms. The third-order valence-electron chi connectivity index (χ3n) is 6.55. The first-order valence-electron chi connectivity index (χ1n) is 11.4. The zero-order valence-corrected chi connectivity index (χ0v) is 19.0. The maximum absolute atomic E-state index is 12.8. The second-order valence-corrected chi connectivity index (χ2v) is 10.1. The number of aromatic nitrogens is 2. The van der Waals surface area contributed by atoms with E-state index in [2.05, 4.69) is 6.07 Å². The second kappa shape index (κ2) is 7.92. The van der Waals surface area contributed by atoms with E-state index in [4.69, 9.17) is 0 Å². The molecule has 3 aromatic rings. The van der Waals surface area contributed by atoms with Gasteiger partial charge in [-0.05, 0) is 47.2 Å². The van der Waals surface area contributed by atoms with Gasteiger partial charge < -0.3 is 15.1 Å². The quantitative estimate of drug-likeness (QED) is 0.581. The molecule has 1 aliphatic carbocycles. The maximum atomic E-state index is 12.8. The number of imidazole rings is 1. The molecule has 2 N–H and O–H groups in total. The molecule has 1 fully saturated rings. The van der Waals surface area contributed by atoms with Gasteiger partial charge in [0.15, 0.2) is 0 Å². The minimum atomic E-state index is -0.339. The van der Waals surface area contributed by atoms with E-state index >= 15 is 0 Å². The van der Waals surface area contributed by atoms with Crippen LogP contribution in [-0.4, -0.2) is 43.3 Å². The van der Waals surface area contributed by atoms with Crippen LogP contribution in [0.2, 0.25) is 0 Å². The summed E-state index contributed by atoms with van der Waals surface area (Å²) < 4.78 is 3.03. The third kappa shape index (κ3) is 4.09. The molecule has 0 atom stereocenters. The SMILES string of the molecule is CC(C)(CO)CN1Cc2cc(-c3ccc(Cn4cc(O)n(C5CC5)c4=O)cc3)ccc2C1=O. The molecule has 0 spiro atoms. The number of aromatic hydroxyl groups is 1. The number of fused-ring (bicyclic) bond motifs is 1. The third-order valence-corrected chi connectivity index (χ3v) is 6.55. The predicted molar refractivity (Wildman–Crippen MR) is 125 cm³/mol. The molecule has 172 valence electrons. The summed E-state index contributed by atoms with van der Waals surface area (Å²) in [7, 11) is 0. The molecule has 0 bridgehead atoms. The summed E-state index contributed by atoms with van der Waals surface area (Å²) in [5.41, 5.74) is 4.26. The molecule has 0 saturated heterocycles. The Labute approximate surface area is 192 Å². The van der Waals surface area contributed by atoms with Gasteiger partial charge in [-0.25, -0.2) is 4.79 Å². The number of hydrogen-bond donors (Lipinski definition) is 2. The first kappa shape index (κ1) is 21.5. The van der Waals surface area contributed by atoms with Crippen molar-refractivity contribution in [3.63, 3.8) is 0 Å². The lowest BCUT2D eigenvalue weighted by atomic mass is 9.94. The van der Waals surface area contributed by atoms with Crippen LogP contribution in [-0.2, 0) is 13.1 Å². The molecule has 7 nitrogen and oxygen atoms in total. The van der Waals surface area contributed by atoms with E-state index in [1.54, 1.807) is 9.47 Å². The van der Waals surface area contributed by atoms with Crippen LogP contribution >= 0.6 is 0 Å². The van der Waals surface area contributed by atoms with Gasteiger partial charge in [0.1, 0.15) is 0 Å². The molecule has 2 aliphatic rings. The van der Waals surface area contributed by atoms with Gasteiger partial charge in [-0.1, -0.05) is 44.2 Å². The van der Waals surface area contributed by atoms with Crippen molar-refractivity contribution in [2.45, 2.75) is 45.8 Å². The molecule has 1 saturated carbocycles. The van der Waals surface area contributed by atoms with E-state index in [0.717, 1.165) is 40.7 Å². The normalized spacial score (nSPS) is 15.8. The van der Waals surface area contributed by atoms with Crippen LogP contribution in [0.1, 0.15) is 54.2 Å². The van der Waals surface area contributed by atoms with Crippen LogP contribution in [0.3, 0.4) is 0 Å². The topological polar surface area (TPSA) is 87.7 Å². The summed E-state index contributed by atoms with van der Waals surface area (Å²) in [6.45, 7) is 5.40. The molecule has 7 heteroatoms. The Bertz CT molecular complexity index is 1270. The molecule has 1 aromatic heterocycles. The molecular formula is C26H29N3O4. The molecule has 1 aliphatic heterocycles. The van der Waals surface area contributed by atoms with E-state index in [9.17, 15) is 19.8 Å². The number of aliphatic hydroxyl groups excluding tert-OH is 1. The van der Waals surface area contributed by atoms with Gasteiger partial charge in [0.25, 0.3) is 5.91 Å². The van der Waals surface area contributed by atoms with Gasteiger partial charge in [0.2, 0.25) is 5.88 Å². The fourth-order valence-electron chi connectivity index (χ4n) is 4.54. The van der Waals surface area contributed by atoms with Crippen LogP contribution in [0.4, 0.5) is 0 Å². The zero-order chi connectivity index (χ0) is 23.3. The Morgan fingerprint density at radius 2 is 1.73 bits per heavy atom. The predicted octanol–water partition coefficient (Wildman–Crippen LogP) is 3.38. The molecule has 2 heterocycles. The average Bonchev–Trinajstić information content (AvgIpc) is 3.52. The summed E-state index contributed by atoms with van der Waals surface area (Å²) >= 11 is 0. The molecule has 2 aromatic carbocycles. The number of benzene rings is 2. The van der Waals surface area contributed by atoms with Crippen molar-refractivity contribution in [1.82, 2.24) is 14.0 Å². The first-order valence-corrected chi connectivity index (χ1v) is 11.4. The van der Waals surface area contributed by atoms with Gasteiger partial charge in [-0.2, -0.15) is 0 Å². The smallest absolute Gasteiger partial charge is 0.331 e. The van der Waals surface area contributed by atoms with Crippen molar-refractivity contribution in [2.75, 3.05) is 13.2 Å². The highest BCUT2D eigenvalue weighted by atomic mass is 16.3. The summed E-state index contributed by atoms with van der Waals surface area (Å²) in [6.07, 6.45) is 3.39. The Morgan fingerprint density at radius 3 is 2.39 bits per heavy atom. The maximum Gasteiger partial charge on any atom is 0.331 e. The van der Waals surface area contributed by atoms with Crippen LogP contribution in [0.25, 0.3) is 11.1 Å². The Balaban J connectivity index is 1.32. The molecule has 0 unspecified atom stereocenters. The lowest BCUT2D eigenvalue weighted by Gasteiger charge is -2.28. The van der Waals surface area contributed by atoms with Crippen molar-refractivity contribution < 1.29 is 15.0 Å². The molecular weight excluding hydrogens is 418 g/mol. The summed E-state index contributed by atoms with van der Waals surface area (Å²) in [4.78, 5) is 27.1. The number of carbonyl (C=O) groups excluding carboxylic acids is 1. The summed E-state index contributed by atoms with van der Waals surface area (Å²) in [5, 5.41) is 19.6. The minimum absolute atomic E-state index is 0.0141. The van der Waals surface area contributed by atoms with Crippen molar-refractivity contribution in [3.05, 3.63) is 75.8 Å². The highest BCUT2D eigenvalue weighted by Crippen LogP contribution is 2.36. The van der Waals surface area contributed by atoms with Crippen LogP contribution in [0.15, 0.2) is 53.5 Å². The van der Waals surface area contributed by atoms with Crippen LogP contribution < -0.4 is 5.69 Å². The van der Waals surface area contributed by atoms with Crippen LogP contribution in [0.5, 0.6) is 5.88 Å². The van der Waals surface area contributed by atoms with Crippen LogP contribution in [0, 0.1) is 5.41 Å². The van der Waals surface area contributed by atoms with E-state index < -0.39 is 0 Å². The zero-order valence-electron chi connectivity index (χ0n) is 19.0. The molecule has 5 rings (SSSR count). The average molecular weight is 448 g/mol. The van der Waals surface area contributed by atoms with E-state index in [0.29, 0.717) is 19.6 Å². The first-order chi connectivity index (χ1) is 15.8. The monoisotopic (exact) mass is 447 g/mol.